The number of urea groups is 1. The first-order chi connectivity index (χ1) is 34.1. The summed E-state index contributed by atoms with van der Waals surface area (Å²) in [5.74, 6) is 0.200. The van der Waals surface area contributed by atoms with Crippen LogP contribution in [0.15, 0.2) is 78.9 Å². The van der Waals surface area contributed by atoms with Gasteiger partial charge in [0.2, 0.25) is 17.7 Å². The van der Waals surface area contributed by atoms with E-state index < -0.39 is 47.6 Å². The number of carbonyl (C=O) groups is 7. The smallest absolute Gasteiger partial charge is 0.407 e. The van der Waals surface area contributed by atoms with Crippen molar-refractivity contribution in [2.24, 2.45) is 11.7 Å². The monoisotopic (exact) mass is 973 g/mol. The highest BCUT2D eigenvalue weighted by Crippen LogP contribution is 2.57. The zero-order valence-corrected chi connectivity index (χ0v) is 39.6. The van der Waals surface area contributed by atoms with Crippen molar-refractivity contribution in [3.63, 3.8) is 0 Å². The normalized spacial score (nSPS) is 13.4. The summed E-state index contributed by atoms with van der Waals surface area (Å²) in [6, 6.07) is 17.7. The van der Waals surface area contributed by atoms with Gasteiger partial charge in [0.15, 0.2) is 5.60 Å². The number of alkyl carbamates (subject to hydrolysis) is 1. The van der Waals surface area contributed by atoms with Crippen LogP contribution in [0.3, 0.4) is 0 Å². The molecule has 2 aliphatic heterocycles. The van der Waals surface area contributed by atoms with Crippen molar-refractivity contribution in [1.82, 2.24) is 26.6 Å². The molecule has 0 bridgehead atoms. The molecule has 7 amide bonds. The second-order valence-electron chi connectivity index (χ2n) is 17.5. The van der Waals surface area contributed by atoms with Gasteiger partial charge in [-0.1, -0.05) is 44.9 Å². The van der Waals surface area contributed by atoms with Gasteiger partial charge in [0, 0.05) is 72.5 Å². The van der Waals surface area contributed by atoms with Crippen molar-refractivity contribution in [2.75, 3.05) is 25.0 Å². The number of terminal acetylenes is 1. The number of hydrogen-bond donors (Lipinski definition) is 9. The number of fused-ring (bicyclic) bond motifs is 6. The first-order valence-electron chi connectivity index (χ1n) is 23.5. The van der Waals surface area contributed by atoms with E-state index in [1.807, 2.05) is 0 Å². The first kappa shape index (κ1) is 52.1. The molecule has 19 heteroatoms. The molecular formula is C52H59N7O12. The maximum absolute atomic E-state index is 13.4. The van der Waals surface area contributed by atoms with Crippen molar-refractivity contribution in [2.45, 2.75) is 95.9 Å². The fourth-order valence-electron chi connectivity index (χ4n) is 8.24. The molecule has 374 valence electrons. The highest BCUT2D eigenvalue weighted by Gasteiger charge is 2.54. The lowest BCUT2D eigenvalue weighted by atomic mass is 9.77. The Morgan fingerprint density at radius 3 is 2.01 bits per heavy atom. The second kappa shape index (κ2) is 24.3. The number of phenols is 2. The molecule has 4 aromatic rings. The molecule has 0 saturated carbocycles. The molecule has 19 nitrogen and oxygen atoms in total. The number of ether oxygens (including phenoxy) is 3. The Hall–Kier alpha value is -8.27. The number of esters is 1. The van der Waals surface area contributed by atoms with Gasteiger partial charge in [-0.25, -0.2) is 14.4 Å². The van der Waals surface area contributed by atoms with Gasteiger partial charge in [-0.05, 0) is 92.1 Å². The lowest BCUT2D eigenvalue weighted by Crippen LogP contribution is -2.54. The number of unbranched alkanes of at least 4 members (excludes halogenated alkanes) is 4. The summed E-state index contributed by atoms with van der Waals surface area (Å²) >= 11 is 0. The van der Waals surface area contributed by atoms with Gasteiger partial charge in [-0.3, -0.25) is 19.2 Å². The molecule has 0 radical (unpaired) electrons. The Labute approximate surface area is 411 Å². The summed E-state index contributed by atoms with van der Waals surface area (Å²) in [4.78, 5) is 89.4. The number of rotatable bonds is 23. The number of amides is 7. The van der Waals surface area contributed by atoms with Crippen molar-refractivity contribution < 1.29 is 58.0 Å². The van der Waals surface area contributed by atoms with Crippen molar-refractivity contribution in [1.29, 1.82) is 0 Å². The Morgan fingerprint density at radius 1 is 0.746 bits per heavy atom. The van der Waals surface area contributed by atoms with Crippen LogP contribution in [0.5, 0.6) is 23.0 Å². The minimum absolute atomic E-state index is 0.0315. The average Bonchev–Trinajstić information content (AvgIpc) is 3.62. The van der Waals surface area contributed by atoms with E-state index in [0.717, 1.165) is 12.8 Å². The van der Waals surface area contributed by atoms with Crippen molar-refractivity contribution >= 4 is 47.4 Å². The van der Waals surface area contributed by atoms with E-state index in [0.29, 0.717) is 73.1 Å². The molecule has 6 rings (SSSR count). The molecule has 0 fully saturated rings. The quantitative estimate of drug-likeness (QED) is 0.0246. The van der Waals surface area contributed by atoms with Crippen LogP contribution in [0.2, 0.25) is 0 Å². The maximum atomic E-state index is 13.4. The molecule has 0 unspecified atom stereocenters. The minimum atomic E-state index is -1.43. The van der Waals surface area contributed by atoms with Gasteiger partial charge >= 0.3 is 18.1 Å². The number of hydrogen-bond acceptors (Lipinski definition) is 12. The lowest BCUT2D eigenvalue weighted by molar-refractivity contribution is -0.132. The molecule has 0 aromatic heterocycles. The fraction of sp³-hybridized carbons (Fsp3) is 0.365. The standard InChI is InChI=1S/C52H59N7O12/c1-4-5-8-13-44(62)59-45(31(2)3)48(65)58-41(12-11-26-55-50(53)67)47(64)57-34-17-14-32(15-18-34)30-69-51(68)56-25-10-7-6-9-24-54-46(63)33-16-21-38-37(27-33)49(66)71-52(38)39-22-19-35(60)28-42(39)70-43-29-36(61)20-23-40(43)52/h1,14-23,27-29,31,41,45,60-61H,5-13,24-26,30H2,2-3H3,(H,54,63)(H,56,68)(H,57,64)(H,58,65)(H,59,62)(H3,53,55,67)/t41-,45-/m0/s1. The van der Waals surface area contributed by atoms with Gasteiger partial charge < -0.3 is 62.1 Å². The number of aromatic hydroxyl groups is 2. The highest BCUT2D eigenvalue weighted by molar-refractivity contribution is 6.02. The summed E-state index contributed by atoms with van der Waals surface area (Å²) in [5, 5.41) is 36.7. The third-order valence-electron chi connectivity index (χ3n) is 11.9. The predicted octanol–water partition coefficient (Wildman–Crippen LogP) is 5.70. The number of benzene rings is 4. The van der Waals surface area contributed by atoms with Crippen LogP contribution < -0.4 is 42.4 Å². The summed E-state index contributed by atoms with van der Waals surface area (Å²) in [6.07, 6.45) is 9.10. The zero-order valence-electron chi connectivity index (χ0n) is 39.6. The molecule has 2 atom stereocenters. The Balaban J connectivity index is 0.899. The van der Waals surface area contributed by atoms with E-state index in [9.17, 15) is 43.8 Å². The number of nitrogens with one attached hydrogen (secondary N) is 6. The Morgan fingerprint density at radius 2 is 1.38 bits per heavy atom. The van der Waals surface area contributed by atoms with Crippen LogP contribution in [0, 0.1) is 18.3 Å². The minimum Gasteiger partial charge on any atom is -0.508 e. The SMILES string of the molecule is C#CCCCC(=O)N[C@H](C(=O)N[C@@H](CCCNC(N)=O)C(=O)Nc1ccc(COC(=O)NCCCCCCNC(=O)c2ccc3c(c2)C(=O)OC32c3ccc(O)cc3Oc3cc(O)ccc32)cc1)C(C)C. The van der Waals surface area contributed by atoms with Gasteiger partial charge in [-0.2, -0.15) is 0 Å². The first-order valence-corrected chi connectivity index (χ1v) is 23.5. The maximum Gasteiger partial charge on any atom is 0.407 e. The van der Waals surface area contributed by atoms with Crippen LogP contribution >= 0.6 is 0 Å². The fourth-order valence-corrected chi connectivity index (χ4v) is 8.24. The Bertz CT molecular complexity index is 2610. The second-order valence-corrected chi connectivity index (χ2v) is 17.5. The van der Waals surface area contributed by atoms with Crippen LogP contribution in [-0.4, -0.2) is 83.7 Å². The number of anilines is 1. The summed E-state index contributed by atoms with van der Waals surface area (Å²) < 4.78 is 17.4. The average molecular weight is 974 g/mol. The molecular weight excluding hydrogens is 915 g/mol. The van der Waals surface area contributed by atoms with Crippen LogP contribution in [0.25, 0.3) is 0 Å². The molecule has 0 aliphatic carbocycles. The largest absolute Gasteiger partial charge is 0.508 e. The van der Waals surface area contributed by atoms with Crippen molar-refractivity contribution in [3.8, 4) is 35.3 Å². The Kier molecular flexibility index (Phi) is 17.9. The predicted molar refractivity (Wildman–Crippen MR) is 260 cm³/mol. The summed E-state index contributed by atoms with van der Waals surface area (Å²) in [5.41, 5.74) is 6.75. The zero-order chi connectivity index (χ0) is 51.1. The highest BCUT2D eigenvalue weighted by atomic mass is 16.6. The van der Waals surface area contributed by atoms with E-state index in [1.54, 1.807) is 62.4 Å². The van der Waals surface area contributed by atoms with E-state index in [1.165, 1.54) is 30.3 Å². The molecule has 4 aromatic carbocycles. The van der Waals surface area contributed by atoms with E-state index in [2.05, 4.69) is 37.8 Å². The molecule has 2 heterocycles. The summed E-state index contributed by atoms with van der Waals surface area (Å²) in [6.45, 7) is 4.45. The van der Waals surface area contributed by atoms with E-state index >= 15 is 0 Å². The van der Waals surface area contributed by atoms with Crippen LogP contribution in [0.4, 0.5) is 15.3 Å². The molecule has 71 heavy (non-hydrogen) atoms. The third-order valence-corrected chi connectivity index (χ3v) is 11.9. The van der Waals surface area contributed by atoms with E-state index in [-0.39, 0.29) is 77.9 Å². The number of carbonyl (C=O) groups excluding carboxylic acids is 7. The van der Waals surface area contributed by atoms with E-state index in [4.69, 9.17) is 26.4 Å². The van der Waals surface area contributed by atoms with Gasteiger partial charge in [0.05, 0.1) is 5.56 Å². The lowest BCUT2D eigenvalue weighted by Gasteiger charge is -2.36. The topological polar surface area (TPSA) is 286 Å². The van der Waals surface area contributed by atoms with Gasteiger partial charge in [0.1, 0.15) is 41.7 Å². The number of nitrogens with two attached hydrogens (primary N) is 1. The molecule has 2 aliphatic rings. The molecule has 10 N–H and O–H groups in total. The third kappa shape index (κ3) is 13.5. The van der Waals surface area contributed by atoms with Crippen LogP contribution in [-0.2, 0) is 36.1 Å². The van der Waals surface area contributed by atoms with Crippen molar-refractivity contribution in [3.05, 3.63) is 112 Å². The van der Waals surface area contributed by atoms with Crippen LogP contribution in [0.1, 0.15) is 115 Å². The molecule has 0 saturated heterocycles. The summed E-state index contributed by atoms with van der Waals surface area (Å²) in [7, 11) is 0. The number of phenolic OH excluding ortho intramolecular Hbond substituents is 2. The number of primary amides is 1. The van der Waals surface area contributed by atoms with Gasteiger partial charge in [0.25, 0.3) is 5.91 Å². The molecule has 1 spiro atoms. The van der Waals surface area contributed by atoms with Gasteiger partial charge in [-0.15, -0.1) is 12.3 Å².